The zero-order valence-corrected chi connectivity index (χ0v) is 21.5. The first-order chi connectivity index (χ1) is 16.4. The molecule has 0 saturated heterocycles. The predicted octanol–water partition coefficient (Wildman–Crippen LogP) is 4.91. The summed E-state index contributed by atoms with van der Waals surface area (Å²) in [6, 6.07) is 0.0334. The van der Waals surface area contributed by atoms with Crippen molar-refractivity contribution in [2.45, 2.75) is 96.8 Å². The van der Waals surface area contributed by atoms with E-state index in [0.717, 1.165) is 30.3 Å². The smallest absolute Gasteiger partial charge is 0.332 e. The summed E-state index contributed by atoms with van der Waals surface area (Å²) in [5.41, 5.74) is -0.498. The number of rotatable bonds is 16. The van der Waals surface area contributed by atoms with Crippen LogP contribution in [0.25, 0.3) is 11.2 Å². The minimum Gasteiger partial charge on any atom is -0.392 e. The van der Waals surface area contributed by atoms with E-state index in [1.165, 1.54) is 81.0 Å². The predicted molar refractivity (Wildman–Crippen MR) is 136 cm³/mol. The molecule has 2 aromatic heterocycles. The number of imidazole rings is 1. The summed E-state index contributed by atoms with van der Waals surface area (Å²) in [5.74, 6) is -0.377. The van der Waals surface area contributed by atoms with Crippen LogP contribution < -0.4 is 16.0 Å². The number of nitrogens with zero attached hydrogens (tertiary/aromatic N) is 4. The molecule has 0 unspecified atom stereocenters. The van der Waals surface area contributed by atoms with E-state index < -0.39 is 11.2 Å². The van der Waals surface area contributed by atoms with Crippen molar-refractivity contribution in [3.05, 3.63) is 33.0 Å². The summed E-state index contributed by atoms with van der Waals surface area (Å²) in [6.45, 7) is 2.25. The van der Waals surface area contributed by atoms with Gasteiger partial charge in [-0.05, 0) is 32.1 Å². The lowest BCUT2D eigenvalue weighted by molar-refractivity contribution is -0.135. The average molecular weight is 475 g/mol. The number of ether oxygens (including phenoxy) is 1. The molecule has 0 aliphatic rings. The van der Waals surface area contributed by atoms with Gasteiger partial charge in [0.15, 0.2) is 11.2 Å². The third kappa shape index (κ3) is 7.99. The van der Waals surface area contributed by atoms with Gasteiger partial charge in [0.05, 0.1) is 0 Å². The number of fused-ring (bicyclic) bond motifs is 1. The summed E-state index contributed by atoms with van der Waals surface area (Å²) in [7, 11) is 4.55. The molecule has 2 rings (SSSR count). The lowest BCUT2D eigenvalue weighted by Crippen LogP contribution is -2.37. The van der Waals surface area contributed by atoms with E-state index in [-0.39, 0.29) is 23.1 Å². The average Bonchev–Trinajstić information content (AvgIpc) is 3.14. The summed E-state index contributed by atoms with van der Waals surface area (Å²) < 4.78 is 9.10. The lowest BCUT2D eigenvalue weighted by Gasteiger charge is -2.04. The fourth-order valence-electron chi connectivity index (χ4n) is 4.08. The fourth-order valence-corrected chi connectivity index (χ4v) is 4.08. The minimum atomic E-state index is -0.471. The zero-order chi connectivity index (χ0) is 24.9. The van der Waals surface area contributed by atoms with Gasteiger partial charge in [-0.2, -0.15) is 4.98 Å². The SMILES string of the molecule is CCCCCCCC/C=C\CCCCCCCC(=O)Oc1nc2c(c(=O)n(C)c(=O)n2C)n1C. The molecule has 34 heavy (non-hydrogen) atoms. The van der Waals surface area contributed by atoms with Crippen molar-refractivity contribution < 1.29 is 9.53 Å². The van der Waals surface area contributed by atoms with Gasteiger partial charge < -0.3 is 4.74 Å². The molecule has 0 atom stereocenters. The first-order valence-corrected chi connectivity index (χ1v) is 12.9. The second-order valence-electron chi connectivity index (χ2n) is 9.14. The topological polar surface area (TPSA) is 88.1 Å². The molecule has 0 aliphatic carbocycles. The second kappa shape index (κ2) is 14.6. The Bertz CT molecular complexity index is 1060. The van der Waals surface area contributed by atoms with Crippen LogP contribution in [0.3, 0.4) is 0 Å². The van der Waals surface area contributed by atoms with Crippen molar-refractivity contribution >= 4 is 17.1 Å². The first kappa shape index (κ1) is 27.6. The number of aromatic nitrogens is 4. The van der Waals surface area contributed by atoms with Gasteiger partial charge in [0.1, 0.15) is 0 Å². The third-order valence-electron chi connectivity index (χ3n) is 6.28. The molecule has 8 heteroatoms. The minimum absolute atomic E-state index is 0.0334. The van der Waals surface area contributed by atoms with Gasteiger partial charge in [0.2, 0.25) is 0 Å². The van der Waals surface area contributed by atoms with Crippen molar-refractivity contribution in [1.29, 1.82) is 0 Å². The summed E-state index contributed by atoms with van der Waals surface area (Å²) in [4.78, 5) is 40.9. The Hall–Kier alpha value is -2.64. The number of hydrogen-bond acceptors (Lipinski definition) is 5. The Balaban J connectivity index is 1.61. The number of carbonyl (C=O) groups is 1. The molecule has 2 aromatic rings. The second-order valence-corrected chi connectivity index (χ2v) is 9.14. The molecule has 0 aromatic carbocycles. The van der Waals surface area contributed by atoms with Crippen molar-refractivity contribution in [1.82, 2.24) is 18.7 Å². The molecular weight excluding hydrogens is 432 g/mol. The summed E-state index contributed by atoms with van der Waals surface area (Å²) >= 11 is 0. The lowest BCUT2D eigenvalue weighted by atomic mass is 10.1. The molecular formula is C26H42N4O4. The van der Waals surface area contributed by atoms with E-state index in [4.69, 9.17) is 4.74 Å². The van der Waals surface area contributed by atoms with Crippen molar-refractivity contribution in [3.8, 4) is 6.01 Å². The normalized spacial score (nSPS) is 11.6. The molecule has 0 amide bonds. The van der Waals surface area contributed by atoms with Crippen LogP contribution in [0.4, 0.5) is 0 Å². The number of unbranched alkanes of at least 4 members (excludes halogenated alkanes) is 11. The molecule has 8 nitrogen and oxygen atoms in total. The van der Waals surface area contributed by atoms with Crippen LogP contribution in [0, 0.1) is 0 Å². The molecule has 0 N–H and O–H groups in total. The highest BCUT2D eigenvalue weighted by molar-refractivity contribution is 5.75. The van der Waals surface area contributed by atoms with Crippen molar-refractivity contribution in [2.75, 3.05) is 0 Å². The summed E-state index contributed by atoms with van der Waals surface area (Å²) in [6.07, 6.45) is 20.5. The number of carbonyl (C=O) groups excluding carboxylic acids is 1. The molecule has 0 fully saturated rings. The van der Waals surface area contributed by atoms with Crippen LogP contribution in [-0.4, -0.2) is 24.7 Å². The van der Waals surface area contributed by atoms with Crippen LogP contribution in [0.2, 0.25) is 0 Å². The molecule has 0 aliphatic heterocycles. The third-order valence-corrected chi connectivity index (χ3v) is 6.28. The quantitative estimate of drug-likeness (QED) is 0.196. The van der Waals surface area contributed by atoms with E-state index in [1.54, 1.807) is 7.05 Å². The monoisotopic (exact) mass is 474 g/mol. The van der Waals surface area contributed by atoms with Crippen LogP contribution in [0.1, 0.15) is 96.8 Å². The Kier molecular flexibility index (Phi) is 11.8. The fraction of sp³-hybridized carbons (Fsp3) is 0.692. The maximum atomic E-state index is 12.4. The number of esters is 1. The van der Waals surface area contributed by atoms with Gasteiger partial charge in [-0.25, -0.2) is 4.79 Å². The van der Waals surface area contributed by atoms with Crippen molar-refractivity contribution in [2.24, 2.45) is 21.1 Å². The van der Waals surface area contributed by atoms with E-state index in [9.17, 15) is 14.4 Å². The Morgan fingerprint density at radius 1 is 0.794 bits per heavy atom. The Labute approximate surface area is 202 Å². The number of allylic oxidation sites excluding steroid dienone is 2. The maximum absolute atomic E-state index is 12.4. The van der Waals surface area contributed by atoms with Gasteiger partial charge in [0, 0.05) is 27.6 Å². The highest BCUT2D eigenvalue weighted by Crippen LogP contribution is 2.17. The Morgan fingerprint density at radius 3 is 1.97 bits per heavy atom. The van der Waals surface area contributed by atoms with E-state index in [1.807, 2.05) is 0 Å². The molecule has 2 heterocycles. The molecule has 0 bridgehead atoms. The van der Waals surface area contributed by atoms with Gasteiger partial charge in [-0.1, -0.05) is 70.4 Å². The molecule has 190 valence electrons. The highest BCUT2D eigenvalue weighted by Gasteiger charge is 2.19. The molecule has 0 saturated carbocycles. The number of aryl methyl sites for hydroxylation is 2. The van der Waals surface area contributed by atoms with Crippen LogP contribution in [0.5, 0.6) is 6.01 Å². The van der Waals surface area contributed by atoms with Gasteiger partial charge >= 0.3 is 17.7 Å². The van der Waals surface area contributed by atoms with Crippen molar-refractivity contribution in [3.63, 3.8) is 0 Å². The van der Waals surface area contributed by atoms with Crippen LogP contribution >= 0.6 is 0 Å². The number of hydrogen-bond donors (Lipinski definition) is 0. The van der Waals surface area contributed by atoms with Crippen LogP contribution in [0.15, 0.2) is 21.7 Å². The van der Waals surface area contributed by atoms with Crippen LogP contribution in [-0.2, 0) is 25.9 Å². The van der Waals surface area contributed by atoms with E-state index in [0.29, 0.717) is 6.42 Å². The Morgan fingerprint density at radius 2 is 1.35 bits per heavy atom. The van der Waals surface area contributed by atoms with Gasteiger partial charge in [-0.15, -0.1) is 0 Å². The summed E-state index contributed by atoms with van der Waals surface area (Å²) in [5, 5.41) is 0. The van der Waals surface area contributed by atoms with E-state index in [2.05, 4.69) is 24.1 Å². The largest absolute Gasteiger partial charge is 0.392 e. The first-order valence-electron chi connectivity index (χ1n) is 12.9. The zero-order valence-electron chi connectivity index (χ0n) is 21.5. The van der Waals surface area contributed by atoms with Gasteiger partial charge in [0.25, 0.3) is 5.56 Å². The standard InChI is InChI=1S/C26H42N4O4/c1-5-6-7-8-9-10-11-12-13-14-15-16-17-18-19-20-21(31)34-25-27-23-22(28(25)2)24(32)30(4)26(33)29(23)3/h12-13H,5-11,14-20H2,1-4H3/b13-12-. The highest BCUT2D eigenvalue weighted by atomic mass is 16.5. The maximum Gasteiger partial charge on any atom is 0.332 e. The molecule has 0 radical (unpaired) electrons. The molecule has 0 spiro atoms. The van der Waals surface area contributed by atoms with Gasteiger partial charge in [-0.3, -0.25) is 23.3 Å². The van der Waals surface area contributed by atoms with E-state index >= 15 is 0 Å².